The third-order valence-corrected chi connectivity index (χ3v) is 4.31. The molecule has 0 radical (unpaired) electrons. The molecule has 3 rings (SSSR count). The van der Waals surface area contributed by atoms with Crippen molar-refractivity contribution in [1.29, 1.82) is 0 Å². The fourth-order valence-electron chi connectivity index (χ4n) is 2.92. The van der Waals surface area contributed by atoms with Crippen molar-refractivity contribution < 1.29 is 14.4 Å². The predicted octanol–water partition coefficient (Wildman–Crippen LogP) is 0.558. The Morgan fingerprint density at radius 2 is 2.00 bits per heavy atom. The molecule has 3 atom stereocenters. The van der Waals surface area contributed by atoms with Gasteiger partial charge in [0.2, 0.25) is 11.8 Å². The minimum atomic E-state index is -0.505. The van der Waals surface area contributed by atoms with Gasteiger partial charge in [0, 0.05) is 23.2 Å². The van der Waals surface area contributed by atoms with Gasteiger partial charge in [0.05, 0.1) is 0 Å². The monoisotopic (exact) mass is 321 g/mol. The number of fused-ring (bicyclic) bond motifs is 1. The molecule has 0 saturated carbocycles. The number of nitrogens with zero attached hydrogens (tertiary/aromatic N) is 1. The summed E-state index contributed by atoms with van der Waals surface area (Å²) in [5.74, 6) is -0.495. The van der Waals surface area contributed by atoms with Crippen LogP contribution in [-0.4, -0.2) is 47.3 Å². The van der Waals surface area contributed by atoms with Crippen LogP contribution in [0.5, 0.6) is 0 Å². The van der Waals surface area contributed by atoms with E-state index >= 15 is 0 Å². The predicted molar refractivity (Wildman–Crippen MR) is 80.4 cm³/mol. The number of nitrogens with one attached hydrogen (secondary N) is 2. The van der Waals surface area contributed by atoms with Crippen molar-refractivity contribution in [2.24, 2.45) is 0 Å². The highest BCUT2D eigenvalue weighted by atomic mass is 35.5. The van der Waals surface area contributed by atoms with Gasteiger partial charge in [0.15, 0.2) is 0 Å². The largest absolute Gasteiger partial charge is 0.347 e. The van der Waals surface area contributed by atoms with Gasteiger partial charge < -0.3 is 15.5 Å². The summed E-state index contributed by atoms with van der Waals surface area (Å²) in [4.78, 5) is 37.8. The number of carbonyl (C=O) groups is 3. The average molecular weight is 322 g/mol. The van der Waals surface area contributed by atoms with E-state index in [0.717, 1.165) is 0 Å². The number of rotatable bonds is 2. The molecular weight excluding hydrogens is 306 g/mol. The number of carbonyl (C=O) groups excluding carboxylic acids is 3. The molecule has 2 saturated heterocycles. The van der Waals surface area contributed by atoms with Gasteiger partial charge in [-0.25, -0.2) is 0 Å². The van der Waals surface area contributed by atoms with Crippen molar-refractivity contribution in [2.45, 2.75) is 31.5 Å². The van der Waals surface area contributed by atoms with Crippen LogP contribution in [-0.2, 0) is 9.59 Å². The first kappa shape index (κ1) is 14.8. The van der Waals surface area contributed by atoms with Crippen LogP contribution in [0.3, 0.4) is 0 Å². The second kappa shape index (κ2) is 5.61. The maximum absolute atomic E-state index is 12.2. The lowest BCUT2D eigenvalue weighted by atomic mass is 10.1. The van der Waals surface area contributed by atoms with E-state index in [1.165, 1.54) is 0 Å². The number of hydrogen-bond acceptors (Lipinski definition) is 3. The van der Waals surface area contributed by atoms with Crippen LogP contribution in [0.2, 0.25) is 5.02 Å². The summed E-state index contributed by atoms with van der Waals surface area (Å²) in [6.45, 7) is 2.02. The molecule has 116 valence electrons. The highest BCUT2D eigenvalue weighted by Crippen LogP contribution is 2.23. The molecule has 1 aromatic carbocycles. The Morgan fingerprint density at radius 1 is 1.32 bits per heavy atom. The van der Waals surface area contributed by atoms with Crippen molar-refractivity contribution in [3.63, 3.8) is 0 Å². The smallest absolute Gasteiger partial charge is 0.251 e. The summed E-state index contributed by atoms with van der Waals surface area (Å²) in [6.07, 6.45) is 0.434. The van der Waals surface area contributed by atoms with Crippen LogP contribution < -0.4 is 10.6 Å². The van der Waals surface area contributed by atoms with Crippen molar-refractivity contribution in [3.05, 3.63) is 34.9 Å². The third-order valence-electron chi connectivity index (χ3n) is 4.06. The first-order valence-corrected chi connectivity index (χ1v) is 7.51. The molecule has 2 N–H and O–H groups in total. The fourth-order valence-corrected chi connectivity index (χ4v) is 3.05. The summed E-state index contributed by atoms with van der Waals surface area (Å²) in [7, 11) is 0. The molecule has 0 aromatic heterocycles. The Kier molecular flexibility index (Phi) is 3.78. The molecule has 2 aliphatic rings. The second-order valence-corrected chi connectivity index (χ2v) is 6.09. The van der Waals surface area contributed by atoms with Crippen molar-refractivity contribution in [3.8, 4) is 0 Å². The number of amides is 3. The maximum atomic E-state index is 12.2. The first-order valence-electron chi connectivity index (χ1n) is 7.13. The van der Waals surface area contributed by atoms with Gasteiger partial charge in [-0.1, -0.05) is 11.6 Å². The molecule has 3 amide bonds. The van der Waals surface area contributed by atoms with E-state index in [4.69, 9.17) is 11.6 Å². The topological polar surface area (TPSA) is 78.5 Å². The maximum Gasteiger partial charge on any atom is 0.251 e. The lowest BCUT2D eigenvalue weighted by Crippen LogP contribution is -2.60. The number of benzene rings is 1. The molecule has 2 aliphatic heterocycles. The molecule has 22 heavy (non-hydrogen) atoms. The first-order chi connectivity index (χ1) is 10.5. The van der Waals surface area contributed by atoms with Crippen LogP contribution >= 0.6 is 11.6 Å². The van der Waals surface area contributed by atoms with Gasteiger partial charge in [0.1, 0.15) is 12.1 Å². The Morgan fingerprint density at radius 3 is 2.68 bits per heavy atom. The van der Waals surface area contributed by atoms with Gasteiger partial charge in [-0.3, -0.25) is 14.4 Å². The average Bonchev–Trinajstić information content (AvgIpc) is 2.90. The normalized spacial score (nSPS) is 27.4. The summed E-state index contributed by atoms with van der Waals surface area (Å²) in [6, 6.07) is 5.35. The summed E-state index contributed by atoms with van der Waals surface area (Å²) in [5, 5.41) is 6.09. The van der Waals surface area contributed by atoms with Crippen LogP contribution in [0, 0.1) is 0 Å². The molecule has 0 aliphatic carbocycles. The lowest BCUT2D eigenvalue weighted by Gasteiger charge is -2.32. The zero-order valence-electron chi connectivity index (χ0n) is 12.0. The van der Waals surface area contributed by atoms with Gasteiger partial charge in [0.25, 0.3) is 5.91 Å². The fraction of sp³-hybridized carbons (Fsp3) is 0.400. The molecule has 0 bridgehead atoms. The summed E-state index contributed by atoms with van der Waals surface area (Å²) >= 11 is 5.79. The molecular formula is C15H16ClN3O3. The Hall–Kier alpha value is -2.08. The van der Waals surface area contributed by atoms with E-state index in [1.807, 2.05) is 0 Å². The standard InChI is InChI=1S/C15H16ClN3O3/c1-8-15(22)19-7-11(6-12(19)14(21)17-8)18-13(20)9-2-4-10(16)5-3-9/h2-5,8,11-12H,6-7H2,1H3,(H,17,21)(H,18,20)/t8-,11-,12-/m0/s1. The minimum Gasteiger partial charge on any atom is -0.347 e. The van der Waals surface area contributed by atoms with Crippen LogP contribution in [0.15, 0.2) is 24.3 Å². The number of piperazine rings is 1. The molecule has 0 unspecified atom stereocenters. The molecule has 2 fully saturated rings. The van der Waals surface area contributed by atoms with Crippen LogP contribution in [0.25, 0.3) is 0 Å². The summed E-state index contributed by atoms with van der Waals surface area (Å²) in [5.41, 5.74) is 0.499. The lowest BCUT2D eigenvalue weighted by molar-refractivity contribution is -0.146. The second-order valence-electron chi connectivity index (χ2n) is 5.65. The number of halogens is 1. The van der Waals surface area contributed by atoms with Crippen molar-refractivity contribution in [2.75, 3.05) is 6.54 Å². The van der Waals surface area contributed by atoms with Crippen LogP contribution in [0.4, 0.5) is 0 Å². The molecule has 7 heteroatoms. The van der Waals surface area contributed by atoms with Crippen molar-refractivity contribution in [1.82, 2.24) is 15.5 Å². The van der Waals surface area contributed by atoms with Crippen LogP contribution in [0.1, 0.15) is 23.7 Å². The summed E-state index contributed by atoms with van der Waals surface area (Å²) < 4.78 is 0. The Balaban J connectivity index is 1.68. The Bertz CT molecular complexity index is 631. The van der Waals surface area contributed by atoms with E-state index in [0.29, 0.717) is 23.6 Å². The molecule has 0 spiro atoms. The highest BCUT2D eigenvalue weighted by molar-refractivity contribution is 6.30. The molecule has 6 nitrogen and oxygen atoms in total. The van der Waals surface area contributed by atoms with Gasteiger partial charge >= 0.3 is 0 Å². The van der Waals surface area contributed by atoms with E-state index in [1.54, 1.807) is 36.1 Å². The van der Waals surface area contributed by atoms with Crippen molar-refractivity contribution >= 4 is 29.3 Å². The number of hydrogen-bond donors (Lipinski definition) is 2. The molecule has 2 heterocycles. The zero-order valence-corrected chi connectivity index (χ0v) is 12.8. The molecule has 1 aromatic rings. The quantitative estimate of drug-likeness (QED) is 0.835. The minimum absolute atomic E-state index is 0.104. The van der Waals surface area contributed by atoms with Gasteiger partial charge in [-0.05, 0) is 37.6 Å². The third kappa shape index (κ3) is 2.66. The van der Waals surface area contributed by atoms with E-state index in [9.17, 15) is 14.4 Å². The zero-order chi connectivity index (χ0) is 15.9. The SMILES string of the molecule is C[C@@H]1NC(=O)[C@@H]2C[C@H](NC(=O)c3ccc(Cl)cc3)CN2C1=O. The highest BCUT2D eigenvalue weighted by Gasteiger charge is 2.45. The van der Waals surface area contributed by atoms with E-state index in [-0.39, 0.29) is 23.8 Å². The van der Waals surface area contributed by atoms with Gasteiger partial charge in [-0.2, -0.15) is 0 Å². The van der Waals surface area contributed by atoms with Gasteiger partial charge in [-0.15, -0.1) is 0 Å². The van der Waals surface area contributed by atoms with E-state index in [2.05, 4.69) is 10.6 Å². The van der Waals surface area contributed by atoms with E-state index < -0.39 is 12.1 Å². The Labute approximate surface area is 132 Å².